The fourth-order valence-electron chi connectivity index (χ4n) is 8.30. The van der Waals surface area contributed by atoms with E-state index >= 15 is 0 Å². The second kappa shape index (κ2) is 12.5. The first-order chi connectivity index (χ1) is 26.7. The molecule has 0 unspecified atom stereocenters. The highest BCUT2D eigenvalue weighted by Gasteiger charge is 2.25. The molecule has 0 saturated heterocycles. The molecule has 0 spiro atoms. The molecule has 0 aliphatic carbocycles. The van der Waals surface area contributed by atoms with E-state index in [-0.39, 0.29) is 0 Å². The van der Waals surface area contributed by atoms with Gasteiger partial charge in [-0.15, -0.1) is 0 Å². The number of fused-ring (bicyclic) bond motifs is 6. The maximum atomic E-state index is 11.1. The Kier molecular flexibility index (Phi) is 7.22. The number of nitrogens with zero attached hydrogens (tertiary/aromatic N) is 4. The van der Waals surface area contributed by atoms with Crippen molar-refractivity contribution in [3.05, 3.63) is 199 Å². The highest BCUT2D eigenvalue weighted by molar-refractivity contribution is 6.22. The van der Waals surface area contributed by atoms with Gasteiger partial charge in [0.05, 0.1) is 40.3 Å². The van der Waals surface area contributed by atoms with Crippen molar-refractivity contribution < 1.29 is 0 Å². The molecule has 10 aromatic rings. The maximum Gasteiger partial charge on any atom is 0.203 e. The van der Waals surface area contributed by atoms with Crippen molar-refractivity contribution in [2.24, 2.45) is 0 Å². The van der Waals surface area contributed by atoms with Crippen LogP contribution >= 0.6 is 0 Å². The molecule has 4 nitrogen and oxygen atoms in total. The minimum absolute atomic E-state index is 0.474. The summed E-state index contributed by atoms with van der Waals surface area (Å²) < 4.78 is 4.70. The number of hydrogen-bond acceptors (Lipinski definition) is 1. The average Bonchev–Trinajstić information content (AvgIpc) is 3.75. The van der Waals surface area contributed by atoms with Gasteiger partial charge in [-0.05, 0) is 76.3 Å². The van der Waals surface area contributed by atoms with E-state index in [1.54, 1.807) is 0 Å². The molecule has 0 atom stereocenters. The molecule has 0 amide bonds. The van der Waals surface area contributed by atoms with E-state index in [1.165, 1.54) is 5.39 Å². The number of hydrogen-bond donors (Lipinski definition) is 0. The summed E-state index contributed by atoms with van der Waals surface area (Å²) in [5.74, 6) is 0. The summed E-state index contributed by atoms with van der Waals surface area (Å²) >= 11 is 0. The number of nitriles is 1. The summed E-state index contributed by atoms with van der Waals surface area (Å²) in [5, 5.41) is 15.6. The third-order valence-electron chi connectivity index (χ3n) is 10.6. The second-order valence-electron chi connectivity index (χ2n) is 13.5. The molecule has 10 rings (SSSR count). The van der Waals surface area contributed by atoms with E-state index in [2.05, 4.69) is 135 Å². The van der Waals surface area contributed by atoms with Gasteiger partial charge < -0.3 is 9.13 Å². The van der Waals surface area contributed by atoms with Crippen LogP contribution in [0.3, 0.4) is 0 Å². The highest BCUT2D eigenvalue weighted by atomic mass is 15.0. The standard InChI is InChI=1S/C50H30N4/c1-52-50-39(33-17-6-2-7-18-33)29-40(43(32-51)48(50)34-19-8-3-9-20-34)38-26-16-28-45-49(38)42-30-41-37-25-14-15-27-44(37)53(35-21-10-4-11-22-35)46(41)31-47(42)54(45)36-23-12-5-13-24-36/h2-31H. The lowest BCUT2D eigenvalue weighted by atomic mass is 9.85. The van der Waals surface area contributed by atoms with Crippen molar-refractivity contribution in [3.8, 4) is 50.8 Å². The Bertz CT molecular complexity index is 3140. The SMILES string of the molecule is [C-]#[N+]c1c(-c2ccccc2)cc(-c2cccc3c2c2cc4c5ccccc5n(-c5ccccc5)c4cc2n3-c2ccccc2)c(C#N)c1-c1ccccc1. The predicted molar refractivity (Wildman–Crippen MR) is 222 cm³/mol. The first-order valence-electron chi connectivity index (χ1n) is 18.0. The van der Waals surface area contributed by atoms with E-state index < -0.39 is 0 Å². The van der Waals surface area contributed by atoms with Crippen molar-refractivity contribution in [1.82, 2.24) is 9.13 Å². The van der Waals surface area contributed by atoms with Crippen LogP contribution in [0.1, 0.15) is 5.56 Å². The van der Waals surface area contributed by atoms with Gasteiger partial charge in [-0.25, -0.2) is 4.85 Å². The van der Waals surface area contributed by atoms with Gasteiger partial charge in [-0.3, -0.25) is 0 Å². The Balaban J connectivity index is 1.39. The fraction of sp³-hybridized carbons (Fsp3) is 0. The van der Waals surface area contributed by atoms with Crippen molar-refractivity contribution in [1.29, 1.82) is 5.26 Å². The number of para-hydroxylation sites is 3. The van der Waals surface area contributed by atoms with Crippen LogP contribution in [0.4, 0.5) is 5.69 Å². The van der Waals surface area contributed by atoms with Gasteiger partial charge in [-0.1, -0.05) is 133 Å². The summed E-state index contributed by atoms with van der Waals surface area (Å²) in [7, 11) is 0. The van der Waals surface area contributed by atoms with E-state index in [1.807, 2.05) is 66.7 Å². The minimum atomic E-state index is 0.474. The first kappa shape index (κ1) is 31.1. The number of aromatic nitrogens is 2. The zero-order chi connectivity index (χ0) is 36.2. The van der Waals surface area contributed by atoms with Crippen LogP contribution in [0.5, 0.6) is 0 Å². The maximum absolute atomic E-state index is 11.1. The lowest BCUT2D eigenvalue weighted by Crippen LogP contribution is -1.96. The molecule has 54 heavy (non-hydrogen) atoms. The molecule has 0 N–H and O–H groups in total. The molecule has 0 aliphatic rings. The summed E-state index contributed by atoms with van der Waals surface area (Å²) in [6.07, 6.45) is 0. The third kappa shape index (κ3) is 4.68. The summed E-state index contributed by atoms with van der Waals surface area (Å²) in [6.45, 7) is 8.43. The van der Waals surface area contributed by atoms with Crippen LogP contribution < -0.4 is 0 Å². The molecule has 2 aromatic heterocycles. The summed E-state index contributed by atoms with van der Waals surface area (Å²) in [6, 6.07) is 65.3. The van der Waals surface area contributed by atoms with E-state index in [4.69, 9.17) is 6.57 Å². The predicted octanol–water partition coefficient (Wildman–Crippen LogP) is 13.3. The van der Waals surface area contributed by atoms with E-state index in [0.717, 1.165) is 77.4 Å². The van der Waals surface area contributed by atoms with Gasteiger partial charge in [0.15, 0.2) is 0 Å². The lowest BCUT2D eigenvalue weighted by Gasteiger charge is -2.18. The topological polar surface area (TPSA) is 38.0 Å². The summed E-state index contributed by atoms with van der Waals surface area (Å²) in [5.41, 5.74) is 12.5. The number of benzene rings is 8. The Hall–Kier alpha value is -7.66. The molecule has 250 valence electrons. The van der Waals surface area contributed by atoms with Crippen LogP contribution in [0, 0.1) is 17.9 Å². The van der Waals surface area contributed by atoms with Crippen molar-refractivity contribution in [2.75, 3.05) is 0 Å². The molecular weight excluding hydrogens is 657 g/mol. The normalized spacial score (nSPS) is 11.3. The zero-order valence-electron chi connectivity index (χ0n) is 29.1. The molecule has 0 bridgehead atoms. The average molecular weight is 687 g/mol. The Labute approximate surface area is 312 Å². The molecule has 0 aliphatic heterocycles. The molecule has 0 radical (unpaired) electrons. The largest absolute Gasteiger partial charge is 0.309 e. The van der Waals surface area contributed by atoms with Crippen LogP contribution in [-0.4, -0.2) is 9.13 Å². The van der Waals surface area contributed by atoms with Crippen molar-refractivity contribution in [3.63, 3.8) is 0 Å². The van der Waals surface area contributed by atoms with Crippen LogP contribution in [0.25, 0.3) is 93.2 Å². The van der Waals surface area contributed by atoms with E-state index in [9.17, 15) is 5.26 Å². The molecule has 8 aromatic carbocycles. The molecular formula is C50H30N4. The zero-order valence-corrected chi connectivity index (χ0v) is 29.1. The molecule has 0 saturated carbocycles. The highest BCUT2D eigenvalue weighted by Crippen LogP contribution is 2.49. The van der Waals surface area contributed by atoms with Gasteiger partial charge in [0.2, 0.25) is 5.69 Å². The molecule has 2 heterocycles. The Morgan fingerprint density at radius 1 is 0.444 bits per heavy atom. The first-order valence-corrected chi connectivity index (χ1v) is 18.0. The molecule has 4 heteroatoms. The van der Waals surface area contributed by atoms with Gasteiger partial charge in [0.25, 0.3) is 0 Å². The van der Waals surface area contributed by atoms with Crippen LogP contribution in [-0.2, 0) is 0 Å². The minimum Gasteiger partial charge on any atom is -0.309 e. The Morgan fingerprint density at radius 2 is 1.00 bits per heavy atom. The number of rotatable bonds is 5. The Morgan fingerprint density at radius 3 is 1.65 bits per heavy atom. The second-order valence-corrected chi connectivity index (χ2v) is 13.5. The van der Waals surface area contributed by atoms with Gasteiger partial charge in [0, 0.05) is 38.5 Å². The lowest BCUT2D eigenvalue weighted by molar-refractivity contribution is 1.16. The van der Waals surface area contributed by atoms with E-state index in [0.29, 0.717) is 16.8 Å². The van der Waals surface area contributed by atoms with Crippen molar-refractivity contribution >= 4 is 49.3 Å². The quantitative estimate of drug-likeness (QED) is 0.166. The van der Waals surface area contributed by atoms with Crippen LogP contribution in [0.15, 0.2) is 182 Å². The van der Waals surface area contributed by atoms with Crippen molar-refractivity contribution in [2.45, 2.75) is 0 Å². The van der Waals surface area contributed by atoms with Gasteiger partial charge in [-0.2, -0.15) is 5.26 Å². The third-order valence-corrected chi connectivity index (χ3v) is 10.6. The van der Waals surface area contributed by atoms with Crippen LogP contribution in [0.2, 0.25) is 0 Å². The van der Waals surface area contributed by atoms with Gasteiger partial charge in [0.1, 0.15) is 0 Å². The monoisotopic (exact) mass is 686 g/mol. The smallest absolute Gasteiger partial charge is 0.203 e. The van der Waals surface area contributed by atoms with Gasteiger partial charge >= 0.3 is 0 Å². The fourth-order valence-corrected chi connectivity index (χ4v) is 8.30. The molecule has 0 fully saturated rings. The summed E-state index contributed by atoms with van der Waals surface area (Å²) in [4.78, 5) is 4.11.